The first-order valence-electron chi connectivity index (χ1n) is 4.87. The van der Waals surface area contributed by atoms with Gasteiger partial charge in [0, 0.05) is 11.3 Å². The minimum absolute atomic E-state index is 0.205. The number of aromatic nitrogens is 2. The number of nitrogens with one attached hydrogen (secondary N) is 1. The molecule has 0 bridgehead atoms. The highest BCUT2D eigenvalue weighted by molar-refractivity contribution is 5.77. The number of aryl methyl sites for hydroxylation is 2. The Bertz CT molecular complexity index is 370. The Labute approximate surface area is 82.3 Å². The third kappa shape index (κ3) is 1.22. The van der Waals surface area contributed by atoms with Crippen LogP contribution in [-0.2, 0) is 11.2 Å². The van der Waals surface area contributed by atoms with Crippen molar-refractivity contribution in [3.05, 3.63) is 17.0 Å². The summed E-state index contributed by atoms with van der Waals surface area (Å²) < 4.78 is 0. The van der Waals surface area contributed by atoms with Crippen LogP contribution in [-0.4, -0.2) is 21.3 Å². The summed E-state index contributed by atoms with van der Waals surface area (Å²) in [6.45, 7) is 3.88. The number of carbonyl (C=O) groups is 1. The minimum Gasteiger partial charge on any atom is -0.481 e. The zero-order chi connectivity index (χ0) is 10.3. The van der Waals surface area contributed by atoms with Crippen LogP contribution < -0.4 is 0 Å². The first kappa shape index (κ1) is 9.24. The molecule has 0 fully saturated rings. The summed E-state index contributed by atoms with van der Waals surface area (Å²) in [6, 6.07) is 0. The Morgan fingerprint density at radius 1 is 1.64 bits per heavy atom. The summed E-state index contributed by atoms with van der Waals surface area (Å²) in [6.07, 6.45) is 1.80. The van der Waals surface area contributed by atoms with Gasteiger partial charge in [-0.3, -0.25) is 9.89 Å². The van der Waals surface area contributed by atoms with Gasteiger partial charge in [-0.2, -0.15) is 5.10 Å². The Balaban J connectivity index is 2.50. The van der Waals surface area contributed by atoms with Gasteiger partial charge in [0.05, 0.1) is 11.6 Å². The highest BCUT2D eigenvalue weighted by Crippen LogP contribution is 2.36. The Kier molecular flexibility index (Phi) is 2.06. The van der Waals surface area contributed by atoms with Gasteiger partial charge in [-0.25, -0.2) is 0 Å². The number of aromatic amines is 1. The predicted molar refractivity (Wildman–Crippen MR) is 51.2 cm³/mol. The fourth-order valence-corrected chi connectivity index (χ4v) is 2.27. The lowest BCUT2D eigenvalue weighted by Crippen LogP contribution is -2.25. The van der Waals surface area contributed by atoms with Crippen molar-refractivity contribution in [2.24, 2.45) is 5.92 Å². The molecule has 2 unspecified atom stereocenters. The van der Waals surface area contributed by atoms with Crippen molar-refractivity contribution in [2.75, 3.05) is 0 Å². The molecule has 0 amide bonds. The van der Waals surface area contributed by atoms with E-state index < -0.39 is 5.97 Å². The maximum Gasteiger partial charge on any atom is 0.311 e. The topological polar surface area (TPSA) is 66.0 Å². The van der Waals surface area contributed by atoms with E-state index in [1.165, 1.54) is 0 Å². The molecule has 2 atom stereocenters. The number of hydrogen-bond donors (Lipinski definition) is 2. The van der Waals surface area contributed by atoms with Gasteiger partial charge in [0.1, 0.15) is 0 Å². The van der Waals surface area contributed by atoms with Crippen molar-refractivity contribution in [2.45, 2.75) is 32.6 Å². The third-order valence-corrected chi connectivity index (χ3v) is 3.06. The van der Waals surface area contributed by atoms with Crippen LogP contribution in [0.5, 0.6) is 0 Å². The fourth-order valence-electron chi connectivity index (χ4n) is 2.27. The molecule has 0 saturated heterocycles. The van der Waals surface area contributed by atoms with Crippen LogP contribution >= 0.6 is 0 Å². The second-order valence-corrected chi connectivity index (χ2v) is 4.04. The van der Waals surface area contributed by atoms with Gasteiger partial charge in [0.2, 0.25) is 0 Å². The summed E-state index contributed by atoms with van der Waals surface area (Å²) >= 11 is 0. The summed E-state index contributed by atoms with van der Waals surface area (Å²) in [5.74, 6) is -0.906. The predicted octanol–water partition coefficient (Wildman–Crippen LogP) is 1.47. The van der Waals surface area contributed by atoms with Crippen molar-refractivity contribution < 1.29 is 9.90 Å². The van der Waals surface area contributed by atoms with Crippen molar-refractivity contribution >= 4 is 5.97 Å². The van der Waals surface area contributed by atoms with Crippen molar-refractivity contribution in [3.63, 3.8) is 0 Å². The highest BCUT2D eigenvalue weighted by atomic mass is 16.4. The number of carboxylic acid groups (broad SMARTS) is 1. The molecular formula is C10H14N2O2. The first-order chi connectivity index (χ1) is 6.61. The van der Waals surface area contributed by atoms with Crippen LogP contribution in [0.2, 0.25) is 0 Å². The van der Waals surface area contributed by atoms with Crippen LogP contribution in [0.3, 0.4) is 0 Å². The number of nitrogens with zero attached hydrogens (tertiary/aromatic N) is 1. The van der Waals surface area contributed by atoms with Gasteiger partial charge < -0.3 is 5.11 Å². The lowest BCUT2D eigenvalue weighted by atomic mass is 9.78. The molecule has 4 heteroatoms. The lowest BCUT2D eigenvalue weighted by molar-refractivity contribution is -0.140. The monoisotopic (exact) mass is 194 g/mol. The number of hydrogen-bond acceptors (Lipinski definition) is 2. The van der Waals surface area contributed by atoms with Crippen molar-refractivity contribution in [1.82, 2.24) is 10.2 Å². The largest absolute Gasteiger partial charge is 0.481 e. The van der Waals surface area contributed by atoms with Crippen LogP contribution in [0.15, 0.2) is 0 Å². The summed E-state index contributed by atoms with van der Waals surface area (Å²) in [5, 5.41) is 16.2. The molecule has 2 N–H and O–H groups in total. The molecule has 0 aromatic carbocycles. The van der Waals surface area contributed by atoms with Crippen LogP contribution in [0, 0.1) is 12.8 Å². The first-order valence-corrected chi connectivity index (χ1v) is 4.87. The SMILES string of the molecule is Cc1[nH]nc2c1C(C(=O)O)C(C)CC2. The van der Waals surface area contributed by atoms with Crippen molar-refractivity contribution in [3.8, 4) is 0 Å². The number of H-pyrrole nitrogens is 1. The van der Waals surface area contributed by atoms with E-state index in [1.807, 2.05) is 13.8 Å². The van der Waals surface area contributed by atoms with Gasteiger partial charge in [-0.05, 0) is 25.7 Å². The van der Waals surface area contributed by atoms with E-state index in [4.69, 9.17) is 5.11 Å². The molecule has 1 aliphatic rings. The smallest absolute Gasteiger partial charge is 0.311 e. The fraction of sp³-hybridized carbons (Fsp3) is 0.600. The maximum atomic E-state index is 11.1. The molecule has 14 heavy (non-hydrogen) atoms. The maximum absolute atomic E-state index is 11.1. The summed E-state index contributed by atoms with van der Waals surface area (Å²) in [7, 11) is 0. The van der Waals surface area contributed by atoms with E-state index in [1.54, 1.807) is 0 Å². The average Bonchev–Trinajstić information content (AvgIpc) is 2.47. The second-order valence-electron chi connectivity index (χ2n) is 4.04. The highest BCUT2D eigenvalue weighted by Gasteiger charge is 2.35. The van der Waals surface area contributed by atoms with E-state index in [2.05, 4.69) is 10.2 Å². The molecular weight excluding hydrogens is 180 g/mol. The van der Waals surface area contributed by atoms with E-state index in [-0.39, 0.29) is 11.8 Å². The van der Waals surface area contributed by atoms with E-state index >= 15 is 0 Å². The van der Waals surface area contributed by atoms with Gasteiger partial charge in [0.25, 0.3) is 0 Å². The van der Waals surface area contributed by atoms with Crippen LogP contribution in [0.1, 0.15) is 36.2 Å². The summed E-state index contributed by atoms with van der Waals surface area (Å²) in [4.78, 5) is 11.1. The number of aliphatic carboxylic acids is 1. The van der Waals surface area contributed by atoms with Gasteiger partial charge in [-0.15, -0.1) is 0 Å². The second kappa shape index (κ2) is 3.12. The molecule has 0 aliphatic heterocycles. The Morgan fingerprint density at radius 3 is 3.00 bits per heavy atom. The standard InChI is InChI=1S/C10H14N2O2/c1-5-3-4-7-9(6(2)11-12-7)8(5)10(13)14/h5,8H,3-4H2,1-2H3,(H,11,12)(H,13,14). The van der Waals surface area contributed by atoms with Crippen LogP contribution in [0.25, 0.3) is 0 Å². The normalized spacial score (nSPS) is 25.9. The van der Waals surface area contributed by atoms with E-state index in [9.17, 15) is 4.79 Å². The zero-order valence-electron chi connectivity index (χ0n) is 8.37. The average molecular weight is 194 g/mol. The van der Waals surface area contributed by atoms with Crippen LogP contribution in [0.4, 0.5) is 0 Å². The Morgan fingerprint density at radius 2 is 2.36 bits per heavy atom. The Hall–Kier alpha value is -1.32. The molecule has 1 aromatic heterocycles. The van der Waals surface area contributed by atoms with Gasteiger partial charge in [-0.1, -0.05) is 6.92 Å². The molecule has 4 nitrogen and oxygen atoms in total. The number of carboxylic acids is 1. The molecule has 0 spiro atoms. The van der Waals surface area contributed by atoms with E-state index in [0.29, 0.717) is 0 Å². The molecule has 0 saturated carbocycles. The molecule has 1 aromatic rings. The van der Waals surface area contributed by atoms with Crippen molar-refractivity contribution in [1.29, 1.82) is 0 Å². The molecule has 2 rings (SSSR count). The minimum atomic E-state index is -0.733. The number of rotatable bonds is 1. The van der Waals surface area contributed by atoms with E-state index in [0.717, 1.165) is 29.8 Å². The molecule has 1 heterocycles. The number of fused-ring (bicyclic) bond motifs is 1. The summed E-state index contributed by atoms with van der Waals surface area (Å²) in [5.41, 5.74) is 2.75. The third-order valence-electron chi connectivity index (χ3n) is 3.06. The van der Waals surface area contributed by atoms with Gasteiger partial charge >= 0.3 is 5.97 Å². The van der Waals surface area contributed by atoms with Gasteiger partial charge in [0.15, 0.2) is 0 Å². The molecule has 0 radical (unpaired) electrons. The zero-order valence-corrected chi connectivity index (χ0v) is 8.37. The molecule has 76 valence electrons. The quantitative estimate of drug-likeness (QED) is 0.711. The molecule has 1 aliphatic carbocycles. The lowest BCUT2D eigenvalue weighted by Gasteiger charge is -2.25.